The van der Waals surface area contributed by atoms with Crippen LogP contribution in [0.1, 0.15) is 41.1 Å². The Morgan fingerprint density at radius 2 is 1.69 bits per heavy atom. The number of halogens is 1. The van der Waals surface area contributed by atoms with Crippen LogP contribution in [0.25, 0.3) is 0 Å². The average Bonchev–Trinajstić information content (AvgIpc) is 3.13. The van der Waals surface area contributed by atoms with Crippen LogP contribution in [0.5, 0.6) is 0 Å². The first-order valence-electron chi connectivity index (χ1n) is 9.31. The Hall–Kier alpha value is -2.46. The fourth-order valence-electron chi connectivity index (χ4n) is 3.88. The van der Waals surface area contributed by atoms with Crippen LogP contribution >= 0.6 is 0 Å². The molecule has 1 saturated heterocycles. The Balaban J connectivity index is 1.38. The molecule has 134 valence electrons. The molecular formula is C22H24FN3. The van der Waals surface area contributed by atoms with Crippen molar-refractivity contribution in [1.82, 2.24) is 15.1 Å². The van der Waals surface area contributed by atoms with E-state index in [1.54, 1.807) is 12.1 Å². The molecule has 0 bridgehead atoms. The minimum atomic E-state index is -0.103. The predicted octanol–water partition coefficient (Wildman–Crippen LogP) is 4.52. The van der Waals surface area contributed by atoms with Gasteiger partial charge in [-0.1, -0.05) is 48.5 Å². The van der Waals surface area contributed by atoms with Crippen molar-refractivity contribution >= 4 is 0 Å². The van der Waals surface area contributed by atoms with Gasteiger partial charge in [0.25, 0.3) is 0 Å². The Labute approximate surface area is 153 Å². The lowest BCUT2D eigenvalue weighted by Crippen LogP contribution is -2.33. The zero-order valence-corrected chi connectivity index (χ0v) is 14.9. The van der Waals surface area contributed by atoms with Crippen molar-refractivity contribution in [2.24, 2.45) is 0 Å². The second-order valence-corrected chi connectivity index (χ2v) is 7.11. The molecule has 26 heavy (non-hydrogen) atoms. The molecule has 0 atom stereocenters. The lowest BCUT2D eigenvalue weighted by atomic mass is 9.89. The van der Waals surface area contributed by atoms with Crippen molar-refractivity contribution in [3.8, 4) is 0 Å². The number of rotatable bonds is 5. The van der Waals surface area contributed by atoms with Gasteiger partial charge in [0, 0.05) is 30.1 Å². The lowest BCUT2D eigenvalue weighted by molar-refractivity contribution is 0.201. The molecule has 2 heterocycles. The number of hydrogen-bond acceptors (Lipinski definition) is 2. The second kappa shape index (κ2) is 7.83. The van der Waals surface area contributed by atoms with Crippen LogP contribution in [0.3, 0.4) is 0 Å². The minimum absolute atomic E-state index is 0.103. The third kappa shape index (κ3) is 3.86. The van der Waals surface area contributed by atoms with Crippen molar-refractivity contribution in [1.29, 1.82) is 0 Å². The highest BCUT2D eigenvalue weighted by atomic mass is 19.1. The highest BCUT2D eigenvalue weighted by molar-refractivity contribution is 5.29. The molecule has 0 radical (unpaired) electrons. The zero-order chi connectivity index (χ0) is 17.8. The van der Waals surface area contributed by atoms with Gasteiger partial charge >= 0.3 is 0 Å². The molecule has 1 aliphatic rings. The van der Waals surface area contributed by atoms with E-state index in [0.29, 0.717) is 12.5 Å². The number of hydrogen-bond donors (Lipinski definition) is 1. The predicted molar refractivity (Wildman–Crippen MR) is 101 cm³/mol. The van der Waals surface area contributed by atoms with Crippen LogP contribution in [0.4, 0.5) is 4.39 Å². The Bertz CT molecular complexity index is 835. The fraction of sp³-hybridized carbons (Fsp3) is 0.318. The summed E-state index contributed by atoms with van der Waals surface area (Å²) in [6.07, 6.45) is 5.05. The average molecular weight is 349 g/mol. The number of piperidine rings is 1. The molecule has 3 aromatic rings. The highest BCUT2D eigenvalue weighted by Gasteiger charge is 2.24. The molecule has 0 saturated carbocycles. The first kappa shape index (κ1) is 17.0. The summed E-state index contributed by atoms with van der Waals surface area (Å²) >= 11 is 0. The van der Waals surface area contributed by atoms with E-state index in [9.17, 15) is 4.39 Å². The third-order valence-corrected chi connectivity index (χ3v) is 5.34. The molecule has 0 amide bonds. The molecule has 4 heteroatoms. The van der Waals surface area contributed by atoms with E-state index in [2.05, 4.69) is 39.4 Å². The largest absolute Gasteiger partial charge is 0.299 e. The smallest absolute Gasteiger partial charge is 0.127 e. The molecule has 0 unspecified atom stereocenters. The fourth-order valence-corrected chi connectivity index (χ4v) is 3.88. The monoisotopic (exact) mass is 349 g/mol. The van der Waals surface area contributed by atoms with Crippen LogP contribution < -0.4 is 0 Å². The maximum atomic E-state index is 13.9. The van der Waals surface area contributed by atoms with Crippen molar-refractivity contribution < 1.29 is 4.39 Å². The maximum Gasteiger partial charge on any atom is 0.127 e. The first-order chi connectivity index (χ1) is 12.8. The van der Waals surface area contributed by atoms with Crippen LogP contribution in [0.15, 0.2) is 60.8 Å². The van der Waals surface area contributed by atoms with Gasteiger partial charge in [0.2, 0.25) is 0 Å². The SMILES string of the molecule is Fc1ccccc1CN1CCC(c2[nH]ncc2Cc2ccccc2)CC1. The van der Waals surface area contributed by atoms with Crippen LogP contribution in [-0.4, -0.2) is 28.2 Å². The third-order valence-electron chi connectivity index (χ3n) is 5.34. The topological polar surface area (TPSA) is 31.9 Å². The van der Waals surface area contributed by atoms with E-state index >= 15 is 0 Å². The van der Waals surface area contributed by atoms with Gasteiger partial charge < -0.3 is 0 Å². The summed E-state index contributed by atoms with van der Waals surface area (Å²) in [4.78, 5) is 2.35. The van der Waals surface area contributed by atoms with Gasteiger partial charge in [-0.2, -0.15) is 5.10 Å². The quantitative estimate of drug-likeness (QED) is 0.734. The summed E-state index contributed by atoms with van der Waals surface area (Å²) in [6, 6.07) is 17.6. The molecular weight excluding hydrogens is 325 g/mol. The van der Waals surface area contributed by atoms with Gasteiger partial charge in [-0.3, -0.25) is 10.00 Å². The molecule has 2 aromatic carbocycles. The number of benzene rings is 2. The van der Waals surface area contributed by atoms with E-state index < -0.39 is 0 Å². The van der Waals surface area contributed by atoms with Crippen molar-refractivity contribution in [2.45, 2.75) is 31.7 Å². The van der Waals surface area contributed by atoms with E-state index in [1.165, 1.54) is 16.8 Å². The number of aromatic nitrogens is 2. The van der Waals surface area contributed by atoms with E-state index in [4.69, 9.17) is 0 Å². The molecule has 0 aliphatic carbocycles. The zero-order valence-electron chi connectivity index (χ0n) is 14.9. The molecule has 1 fully saturated rings. The minimum Gasteiger partial charge on any atom is -0.299 e. The first-order valence-corrected chi connectivity index (χ1v) is 9.31. The van der Waals surface area contributed by atoms with Crippen LogP contribution in [0, 0.1) is 5.82 Å². The molecule has 0 spiro atoms. The lowest BCUT2D eigenvalue weighted by Gasteiger charge is -2.32. The molecule has 1 aromatic heterocycles. The van der Waals surface area contributed by atoms with E-state index in [0.717, 1.165) is 37.9 Å². The molecule has 1 aliphatic heterocycles. The summed E-state index contributed by atoms with van der Waals surface area (Å²) < 4.78 is 13.9. The number of aromatic amines is 1. The van der Waals surface area contributed by atoms with Gasteiger partial charge in [0.05, 0.1) is 6.20 Å². The Morgan fingerprint density at radius 1 is 0.962 bits per heavy atom. The Morgan fingerprint density at radius 3 is 2.46 bits per heavy atom. The van der Waals surface area contributed by atoms with E-state index in [1.807, 2.05) is 24.4 Å². The maximum absolute atomic E-state index is 13.9. The number of nitrogens with zero attached hydrogens (tertiary/aromatic N) is 2. The number of H-pyrrole nitrogens is 1. The normalized spacial score (nSPS) is 16.0. The van der Waals surface area contributed by atoms with E-state index in [-0.39, 0.29) is 5.82 Å². The molecule has 1 N–H and O–H groups in total. The van der Waals surface area contributed by atoms with Crippen molar-refractivity contribution in [3.05, 3.63) is 89.0 Å². The van der Waals surface area contributed by atoms with Gasteiger partial charge in [-0.05, 0) is 43.1 Å². The highest BCUT2D eigenvalue weighted by Crippen LogP contribution is 2.30. The number of nitrogens with one attached hydrogen (secondary N) is 1. The Kier molecular flexibility index (Phi) is 5.12. The molecule has 3 nitrogen and oxygen atoms in total. The van der Waals surface area contributed by atoms with Gasteiger partial charge in [0.15, 0.2) is 0 Å². The summed E-state index contributed by atoms with van der Waals surface area (Å²) in [5.74, 6) is 0.404. The van der Waals surface area contributed by atoms with Crippen molar-refractivity contribution in [3.63, 3.8) is 0 Å². The van der Waals surface area contributed by atoms with Crippen LogP contribution in [-0.2, 0) is 13.0 Å². The number of likely N-dealkylation sites (tertiary alicyclic amines) is 1. The standard InChI is InChI=1S/C22H24FN3/c23-21-9-5-4-8-19(21)16-26-12-10-18(11-13-26)22-20(15-24-25-22)14-17-6-2-1-3-7-17/h1-9,15,18H,10-14,16H2,(H,24,25). The summed E-state index contributed by atoms with van der Waals surface area (Å²) in [5, 5.41) is 7.54. The van der Waals surface area contributed by atoms with Crippen molar-refractivity contribution in [2.75, 3.05) is 13.1 Å². The summed E-state index contributed by atoms with van der Waals surface area (Å²) in [6.45, 7) is 2.67. The van der Waals surface area contributed by atoms with Gasteiger partial charge in [0.1, 0.15) is 5.82 Å². The molecule has 4 rings (SSSR count). The summed E-state index contributed by atoms with van der Waals surface area (Å²) in [5.41, 5.74) is 4.67. The van der Waals surface area contributed by atoms with Gasteiger partial charge in [-0.15, -0.1) is 0 Å². The summed E-state index contributed by atoms with van der Waals surface area (Å²) in [7, 11) is 0. The second-order valence-electron chi connectivity index (χ2n) is 7.11. The van der Waals surface area contributed by atoms with Crippen LogP contribution in [0.2, 0.25) is 0 Å². The van der Waals surface area contributed by atoms with Gasteiger partial charge in [-0.25, -0.2) is 4.39 Å².